The van der Waals surface area contributed by atoms with Crippen LogP contribution in [0.3, 0.4) is 0 Å². The van der Waals surface area contributed by atoms with Crippen molar-refractivity contribution in [2.45, 2.75) is 13.0 Å². The molecule has 1 atom stereocenters. The lowest BCUT2D eigenvalue weighted by atomic mass is 10.3. The van der Waals surface area contributed by atoms with Crippen molar-refractivity contribution in [1.82, 2.24) is 0 Å². The molecule has 0 heterocycles. The SMILES string of the molecule is C[C@@H](O)CNc1cc(Cl)cc(Cl)c1. The number of aliphatic hydroxyl groups excluding tert-OH is 1. The number of hydrogen-bond acceptors (Lipinski definition) is 2. The molecule has 0 aliphatic rings. The molecule has 1 aromatic carbocycles. The lowest BCUT2D eigenvalue weighted by Crippen LogP contribution is -2.15. The van der Waals surface area contributed by atoms with E-state index in [9.17, 15) is 0 Å². The molecule has 2 nitrogen and oxygen atoms in total. The summed E-state index contributed by atoms with van der Waals surface area (Å²) < 4.78 is 0. The highest BCUT2D eigenvalue weighted by Crippen LogP contribution is 2.22. The second-order valence-electron chi connectivity index (χ2n) is 2.89. The fourth-order valence-electron chi connectivity index (χ4n) is 0.921. The summed E-state index contributed by atoms with van der Waals surface area (Å²) in [5.41, 5.74) is 0.818. The lowest BCUT2D eigenvalue weighted by molar-refractivity contribution is 0.208. The second-order valence-corrected chi connectivity index (χ2v) is 3.76. The predicted octanol–water partition coefficient (Wildman–Crippen LogP) is 2.79. The molecule has 0 radical (unpaired) electrons. The Morgan fingerprint density at radius 2 is 1.85 bits per heavy atom. The fraction of sp³-hybridized carbons (Fsp3) is 0.333. The van der Waals surface area contributed by atoms with E-state index in [1.54, 1.807) is 25.1 Å². The van der Waals surface area contributed by atoms with Crippen LogP contribution in [-0.4, -0.2) is 17.8 Å². The van der Waals surface area contributed by atoms with Gasteiger partial charge in [0.25, 0.3) is 0 Å². The van der Waals surface area contributed by atoms with Crippen molar-refractivity contribution in [3.05, 3.63) is 28.2 Å². The van der Waals surface area contributed by atoms with E-state index in [4.69, 9.17) is 28.3 Å². The number of benzene rings is 1. The smallest absolute Gasteiger partial charge is 0.0684 e. The minimum Gasteiger partial charge on any atom is -0.392 e. The summed E-state index contributed by atoms with van der Waals surface area (Å²) in [5, 5.41) is 13.2. The highest BCUT2D eigenvalue weighted by atomic mass is 35.5. The van der Waals surface area contributed by atoms with Crippen LogP contribution in [0.15, 0.2) is 18.2 Å². The van der Waals surface area contributed by atoms with Gasteiger partial charge in [-0.15, -0.1) is 0 Å². The Labute approximate surface area is 87.5 Å². The highest BCUT2D eigenvalue weighted by Gasteiger charge is 1.99. The van der Waals surface area contributed by atoms with E-state index in [1.807, 2.05) is 0 Å². The maximum absolute atomic E-state index is 9.02. The summed E-state index contributed by atoms with van der Waals surface area (Å²) in [4.78, 5) is 0. The van der Waals surface area contributed by atoms with Crippen LogP contribution in [0.2, 0.25) is 10.0 Å². The first-order valence-corrected chi connectivity index (χ1v) is 4.71. The summed E-state index contributed by atoms with van der Waals surface area (Å²) in [7, 11) is 0. The van der Waals surface area contributed by atoms with Gasteiger partial charge in [0.2, 0.25) is 0 Å². The molecule has 2 N–H and O–H groups in total. The minimum atomic E-state index is -0.391. The van der Waals surface area contributed by atoms with E-state index in [-0.39, 0.29) is 0 Å². The Balaban J connectivity index is 2.66. The standard InChI is InChI=1S/C9H11Cl2NO/c1-6(13)5-12-9-3-7(10)2-8(11)4-9/h2-4,6,12-13H,5H2,1H3/t6-/m1/s1. The van der Waals surface area contributed by atoms with E-state index >= 15 is 0 Å². The van der Waals surface area contributed by atoms with Gasteiger partial charge in [0, 0.05) is 22.3 Å². The third kappa shape index (κ3) is 3.85. The monoisotopic (exact) mass is 219 g/mol. The number of nitrogens with one attached hydrogen (secondary N) is 1. The van der Waals surface area contributed by atoms with E-state index in [1.165, 1.54) is 0 Å². The fourth-order valence-corrected chi connectivity index (χ4v) is 1.45. The van der Waals surface area contributed by atoms with Crippen molar-refractivity contribution in [3.8, 4) is 0 Å². The topological polar surface area (TPSA) is 32.3 Å². The Morgan fingerprint density at radius 1 is 1.31 bits per heavy atom. The quantitative estimate of drug-likeness (QED) is 0.820. The molecule has 72 valence electrons. The molecule has 0 bridgehead atoms. The van der Waals surface area contributed by atoms with E-state index in [2.05, 4.69) is 5.32 Å². The first kappa shape index (κ1) is 10.6. The van der Waals surface area contributed by atoms with Gasteiger partial charge in [-0.3, -0.25) is 0 Å². The Bertz CT molecular complexity index is 269. The number of hydrogen-bond donors (Lipinski definition) is 2. The summed E-state index contributed by atoms with van der Waals surface area (Å²) in [6, 6.07) is 5.18. The Morgan fingerprint density at radius 3 is 2.31 bits per heavy atom. The molecule has 0 aromatic heterocycles. The summed E-state index contributed by atoms with van der Waals surface area (Å²) in [5.74, 6) is 0. The summed E-state index contributed by atoms with van der Waals surface area (Å²) in [6.45, 7) is 2.19. The summed E-state index contributed by atoms with van der Waals surface area (Å²) >= 11 is 11.6. The zero-order valence-electron chi connectivity index (χ0n) is 7.22. The van der Waals surface area contributed by atoms with E-state index in [0.29, 0.717) is 16.6 Å². The van der Waals surface area contributed by atoms with Gasteiger partial charge in [-0.2, -0.15) is 0 Å². The van der Waals surface area contributed by atoms with Crippen molar-refractivity contribution >= 4 is 28.9 Å². The largest absolute Gasteiger partial charge is 0.392 e. The van der Waals surface area contributed by atoms with Gasteiger partial charge in [-0.1, -0.05) is 23.2 Å². The van der Waals surface area contributed by atoms with Gasteiger partial charge in [-0.05, 0) is 25.1 Å². The predicted molar refractivity (Wildman–Crippen MR) is 56.6 cm³/mol. The maximum Gasteiger partial charge on any atom is 0.0684 e. The molecule has 1 aromatic rings. The molecule has 0 saturated heterocycles. The van der Waals surface area contributed by atoms with Crippen LogP contribution in [0.5, 0.6) is 0 Å². The molecule has 0 saturated carbocycles. The highest BCUT2D eigenvalue weighted by molar-refractivity contribution is 6.35. The molecular weight excluding hydrogens is 209 g/mol. The molecule has 1 rings (SSSR count). The maximum atomic E-state index is 9.02. The third-order valence-electron chi connectivity index (χ3n) is 1.46. The Hall–Kier alpha value is -0.440. The van der Waals surface area contributed by atoms with E-state index < -0.39 is 6.10 Å². The first-order valence-electron chi connectivity index (χ1n) is 3.96. The van der Waals surface area contributed by atoms with E-state index in [0.717, 1.165) is 5.69 Å². The van der Waals surface area contributed by atoms with Gasteiger partial charge in [0.05, 0.1) is 6.10 Å². The van der Waals surface area contributed by atoms with Crippen LogP contribution in [0.25, 0.3) is 0 Å². The van der Waals surface area contributed by atoms with Crippen LogP contribution >= 0.6 is 23.2 Å². The molecule has 0 amide bonds. The van der Waals surface area contributed by atoms with Crippen LogP contribution < -0.4 is 5.32 Å². The minimum absolute atomic E-state index is 0.391. The molecule has 0 fully saturated rings. The number of halogens is 2. The zero-order chi connectivity index (χ0) is 9.84. The van der Waals surface area contributed by atoms with Crippen molar-refractivity contribution in [2.24, 2.45) is 0 Å². The van der Waals surface area contributed by atoms with Crippen LogP contribution in [-0.2, 0) is 0 Å². The number of rotatable bonds is 3. The van der Waals surface area contributed by atoms with Crippen LogP contribution in [0.4, 0.5) is 5.69 Å². The normalized spacial score (nSPS) is 12.6. The molecule has 0 aliphatic carbocycles. The van der Waals surface area contributed by atoms with Crippen molar-refractivity contribution in [1.29, 1.82) is 0 Å². The number of anilines is 1. The first-order chi connectivity index (χ1) is 6.08. The third-order valence-corrected chi connectivity index (χ3v) is 1.90. The van der Waals surface area contributed by atoms with Gasteiger partial charge < -0.3 is 10.4 Å². The van der Waals surface area contributed by atoms with Gasteiger partial charge in [0.15, 0.2) is 0 Å². The second kappa shape index (κ2) is 4.70. The van der Waals surface area contributed by atoms with Gasteiger partial charge >= 0.3 is 0 Å². The lowest BCUT2D eigenvalue weighted by Gasteiger charge is -2.08. The van der Waals surface area contributed by atoms with Gasteiger partial charge in [-0.25, -0.2) is 0 Å². The molecule has 4 heteroatoms. The molecule has 13 heavy (non-hydrogen) atoms. The summed E-state index contributed by atoms with van der Waals surface area (Å²) in [6.07, 6.45) is -0.391. The van der Waals surface area contributed by atoms with Crippen LogP contribution in [0, 0.1) is 0 Å². The molecule has 0 unspecified atom stereocenters. The molecular formula is C9H11Cl2NO. The van der Waals surface area contributed by atoms with Crippen molar-refractivity contribution < 1.29 is 5.11 Å². The number of aliphatic hydroxyl groups is 1. The van der Waals surface area contributed by atoms with Crippen molar-refractivity contribution in [3.63, 3.8) is 0 Å². The Kier molecular flexibility index (Phi) is 3.85. The van der Waals surface area contributed by atoms with Gasteiger partial charge in [0.1, 0.15) is 0 Å². The van der Waals surface area contributed by atoms with Crippen molar-refractivity contribution in [2.75, 3.05) is 11.9 Å². The zero-order valence-corrected chi connectivity index (χ0v) is 8.73. The van der Waals surface area contributed by atoms with Crippen LogP contribution in [0.1, 0.15) is 6.92 Å². The molecule has 0 aliphatic heterocycles. The average Bonchev–Trinajstić information content (AvgIpc) is 1.99. The molecule has 0 spiro atoms. The average molecular weight is 220 g/mol.